The first kappa shape index (κ1) is 20.0. The number of hydrogen-bond acceptors (Lipinski definition) is 3. The van der Waals surface area contributed by atoms with Crippen molar-refractivity contribution < 1.29 is 4.74 Å². The standard InChI is InChI=1S/C20H36N2O/c1-4-7-15-22(16-8-5-2)17-11-14-21-18-19-12-9-10-13-20(19)23-6-3/h9-10,12-13,21H,4-8,11,14-18H2,1-3H3. The van der Waals surface area contributed by atoms with Crippen molar-refractivity contribution >= 4 is 0 Å². The molecule has 1 aromatic rings. The van der Waals surface area contributed by atoms with E-state index in [0.29, 0.717) is 0 Å². The van der Waals surface area contributed by atoms with Gasteiger partial charge < -0.3 is 15.0 Å². The average molecular weight is 321 g/mol. The second kappa shape index (κ2) is 13.4. The lowest BCUT2D eigenvalue weighted by Gasteiger charge is -2.22. The molecule has 0 amide bonds. The molecule has 0 aliphatic heterocycles. The summed E-state index contributed by atoms with van der Waals surface area (Å²) in [6, 6.07) is 8.31. The highest BCUT2D eigenvalue weighted by atomic mass is 16.5. The first-order valence-corrected chi connectivity index (χ1v) is 9.45. The van der Waals surface area contributed by atoms with E-state index in [4.69, 9.17) is 4.74 Å². The van der Waals surface area contributed by atoms with Crippen LogP contribution in [0.15, 0.2) is 24.3 Å². The number of nitrogens with zero attached hydrogens (tertiary/aromatic N) is 1. The van der Waals surface area contributed by atoms with Crippen LogP contribution < -0.4 is 10.1 Å². The third-order valence-corrected chi connectivity index (χ3v) is 4.07. The van der Waals surface area contributed by atoms with E-state index in [1.165, 1.54) is 57.3 Å². The maximum absolute atomic E-state index is 5.67. The Morgan fingerprint density at radius 3 is 2.22 bits per heavy atom. The van der Waals surface area contributed by atoms with Crippen molar-refractivity contribution in [1.82, 2.24) is 10.2 Å². The Morgan fingerprint density at radius 2 is 1.57 bits per heavy atom. The summed E-state index contributed by atoms with van der Waals surface area (Å²) in [6.45, 7) is 13.0. The van der Waals surface area contributed by atoms with E-state index in [1.807, 2.05) is 13.0 Å². The van der Waals surface area contributed by atoms with Crippen LogP contribution in [-0.2, 0) is 6.54 Å². The number of ether oxygens (including phenoxy) is 1. The highest BCUT2D eigenvalue weighted by molar-refractivity contribution is 5.33. The number of nitrogens with one attached hydrogen (secondary N) is 1. The summed E-state index contributed by atoms with van der Waals surface area (Å²) in [5.74, 6) is 1.01. The molecule has 0 spiro atoms. The SMILES string of the molecule is CCCCN(CCCC)CCCNCc1ccccc1OCC. The first-order valence-electron chi connectivity index (χ1n) is 9.45. The normalized spacial score (nSPS) is 11.1. The summed E-state index contributed by atoms with van der Waals surface area (Å²) >= 11 is 0. The summed E-state index contributed by atoms with van der Waals surface area (Å²) < 4.78 is 5.67. The van der Waals surface area contributed by atoms with E-state index in [1.54, 1.807) is 0 Å². The van der Waals surface area contributed by atoms with Crippen LogP contribution in [0.25, 0.3) is 0 Å². The van der Waals surface area contributed by atoms with E-state index in [-0.39, 0.29) is 0 Å². The van der Waals surface area contributed by atoms with Crippen molar-refractivity contribution in [3.63, 3.8) is 0 Å². The van der Waals surface area contributed by atoms with Gasteiger partial charge in [0.1, 0.15) is 5.75 Å². The van der Waals surface area contributed by atoms with E-state index < -0.39 is 0 Å². The minimum Gasteiger partial charge on any atom is -0.494 e. The average Bonchev–Trinajstić information content (AvgIpc) is 2.58. The zero-order valence-electron chi connectivity index (χ0n) is 15.4. The van der Waals surface area contributed by atoms with Crippen LogP contribution in [0.3, 0.4) is 0 Å². The van der Waals surface area contributed by atoms with Gasteiger partial charge in [-0.05, 0) is 58.4 Å². The van der Waals surface area contributed by atoms with E-state index >= 15 is 0 Å². The fourth-order valence-electron chi connectivity index (χ4n) is 2.70. The monoisotopic (exact) mass is 320 g/mol. The molecule has 0 saturated carbocycles. The number of rotatable bonds is 14. The second-order valence-corrected chi connectivity index (χ2v) is 6.12. The Kier molecular flexibility index (Phi) is 11.6. The smallest absolute Gasteiger partial charge is 0.123 e. The van der Waals surface area contributed by atoms with Crippen LogP contribution >= 0.6 is 0 Å². The van der Waals surface area contributed by atoms with Crippen molar-refractivity contribution in [3.8, 4) is 5.75 Å². The Bertz CT molecular complexity index is 387. The zero-order valence-corrected chi connectivity index (χ0v) is 15.4. The van der Waals surface area contributed by atoms with Crippen molar-refractivity contribution in [2.24, 2.45) is 0 Å². The molecule has 1 aromatic carbocycles. The second-order valence-electron chi connectivity index (χ2n) is 6.12. The van der Waals surface area contributed by atoms with Crippen LogP contribution in [-0.4, -0.2) is 37.7 Å². The molecule has 3 heteroatoms. The molecule has 0 unspecified atom stereocenters. The molecule has 0 aliphatic rings. The van der Waals surface area contributed by atoms with Crippen LogP contribution in [0.1, 0.15) is 58.4 Å². The lowest BCUT2D eigenvalue weighted by Crippen LogP contribution is -2.29. The number of unbranched alkanes of at least 4 members (excludes halogenated alkanes) is 2. The quantitative estimate of drug-likeness (QED) is 0.512. The Hall–Kier alpha value is -1.06. The Labute approximate surface area is 143 Å². The van der Waals surface area contributed by atoms with Gasteiger partial charge in [-0.25, -0.2) is 0 Å². The van der Waals surface area contributed by atoms with Crippen molar-refractivity contribution in [2.75, 3.05) is 32.8 Å². The summed E-state index contributed by atoms with van der Waals surface area (Å²) in [7, 11) is 0. The van der Waals surface area contributed by atoms with Crippen LogP contribution in [0.5, 0.6) is 5.75 Å². The molecule has 1 rings (SSSR count). The minimum absolute atomic E-state index is 0.723. The van der Waals surface area contributed by atoms with Gasteiger partial charge in [0, 0.05) is 12.1 Å². The maximum Gasteiger partial charge on any atom is 0.123 e. The van der Waals surface area contributed by atoms with Gasteiger partial charge in [0.2, 0.25) is 0 Å². The highest BCUT2D eigenvalue weighted by Gasteiger charge is 2.04. The molecule has 0 heterocycles. The number of hydrogen-bond donors (Lipinski definition) is 1. The third-order valence-electron chi connectivity index (χ3n) is 4.07. The topological polar surface area (TPSA) is 24.5 Å². The molecule has 1 N–H and O–H groups in total. The van der Waals surface area contributed by atoms with Gasteiger partial charge in [0.15, 0.2) is 0 Å². The minimum atomic E-state index is 0.723. The molecule has 0 aromatic heterocycles. The van der Waals surface area contributed by atoms with Gasteiger partial charge in [0.25, 0.3) is 0 Å². The van der Waals surface area contributed by atoms with E-state index in [9.17, 15) is 0 Å². The van der Waals surface area contributed by atoms with Crippen LogP contribution in [0.4, 0.5) is 0 Å². The lowest BCUT2D eigenvalue weighted by molar-refractivity contribution is 0.261. The first-order chi connectivity index (χ1) is 11.3. The summed E-state index contributed by atoms with van der Waals surface area (Å²) in [4.78, 5) is 2.63. The van der Waals surface area contributed by atoms with E-state index in [2.05, 4.69) is 42.3 Å². The summed E-state index contributed by atoms with van der Waals surface area (Å²) in [5.41, 5.74) is 1.25. The molecule has 0 radical (unpaired) electrons. The fourth-order valence-corrected chi connectivity index (χ4v) is 2.70. The van der Waals surface area contributed by atoms with Crippen molar-refractivity contribution in [3.05, 3.63) is 29.8 Å². The predicted molar refractivity (Wildman–Crippen MR) is 100 cm³/mol. The predicted octanol–water partition coefficient (Wildman–Crippen LogP) is 4.47. The lowest BCUT2D eigenvalue weighted by atomic mass is 10.2. The molecule has 132 valence electrons. The molecule has 3 nitrogen and oxygen atoms in total. The molecule has 23 heavy (non-hydrogen) atoms. The van der Waals surface area contributed by atoms with Gasteiger partial charge in [-0.1, -0.05) is 44.9 Å². The maximum atomic E-state index is 5.67. The van der Waals surface area contributed by atoms with Gasteiger partial charge >= 0.3 is 0 Å². The number of para-hydroxylation sites is 1. The fraction of sp³-hybridized carbons (Fsp3) is 0.700. The number of benzene rings is 1. The largest absolute Gasteiger partial charge is 0.494 e. The van der Waals surface area contributed by atoms with Crippen LogP contribution in [0.2, 0.25) is 0 Å². The van der Waals surface area contributed by atoms with Crippen molar-refractivity contribution in [2.45, 2.75) is 59.4 Å². The molecule has 0 atom stereocenters. The zero-order chi connectivity index (χ0) is 16.8. The molecular weight excluding hydrogens is 284 g/mol. The van der Waals surface area contributed by atoms with Gasteiger partial charge in [-0.15, -0.1) is 0 Å². The molecule has 0 fully saturated rings. The molecule has 0 saturated heterocycles. The molecule has 0 aliphatic carbocycles. The Morgan fingerprint density at radius 1 is 0.913 bits per heavy atom. The summed E-state index contributed by atoms with van der Waals surface area (Å²) in [6.07, 6.45) is 6.42. The highest BCUT2D eigenvalue weighted by Crippen LogP contribution is 2.17. The van der Waals surface area contributed by atoms with Gasteiger partial charge in [0.05, 0.1) is 6.61 Å². The molecule has 0 bridgehead atoms. The van der Waals surface area contributed by atoms with E-state index in [0.717, 1.165) is 25.4 Å². The van der Waals surface area contributed by atoms with Gasteiger partial charge in [-0.2, -0.15) is 0 Å². The van der Waals surface area contributed by atoms with Crippen LogP contribution in [0, 0.1) is 0 Å². The third kappa shape index (κ3) is 8.97. The summed E-state index contributed by atoms with van der Waals surface area (Å²) in [5, 5.41) is 3.56. The van der Waals surface area contributed by atoms with Gasteiger partial charge in [-0.3, -0.25) is 0 Å². The Balaban J connectivity index is 2.24. The molecular formula is C20H36N2O. The van der Waals surface area contributed by atoms with Crippen molar-refractivity contribution in [1.29, 1.82) is 0 Å².